The van der Waals surface area contributed by atoms with Crippen LogP contribution in [0, 0.1) is 13.8 Å². The van der Waals surface area contributed by atoms with Crippen molar-refractivity contribution in [3.63, 3.8) is 0 Å². The van der Waals surface area contributed by atoms with Crippen molar-refractivity contribution in [1.29, 1.82) is 0 Å². The number of pyridine rings is 2. The van der Waals surface area contributed by atoms with Gasteiger partial charge >= 0.3 is 0 Å². The van der Waals surface area contributed by atoms with Gasteiger partial charge in [0, 0.05) is 5.69 Å². The van der Waals surface area contributed by atoms with Gasteiger partial charge in [-0.05, 0) is 37.6 Å². The number of hydrogen-bond acceptors (Lipinski definition) is 5. The molecule has 0 bridgehead atoms. The topological polar surface area (TPSA) is 107 Å². The number of nitrogens with two attached hydrogens (primary N) is 2. The summed E-state index contributed by atoms with van der Waals surface area (Å²) in [6.45, 7) is 3.86. The lowest BCUT2D eigenvalue weighted by atomic mass is 10.0. The molecule has 0 radical (unpaired) electrons. The molecule has 2 aromatic rings. The van der Waals surface area contributed by atoms with Crippen LogP contribution >= 0.6 is 0 Å². The molecule has 1 saturated carbocycles. The third-order valence-corrected chi connectivity index (χ3v) is 4.00. The molecule has 134 valence electrons. The first-order valence-electron chi connectivity index (χ1n) is 8.73. The van der Waals surface area contributed by atoms with Crippen molar-refractivity contribution in [3.8, 4) is 0 Å². The van der Waals surface area contributed by atoms with Gasteiger partial charge in [-0.2, -0.15) is 0 Å². The van der Waals surface area contributed by atoms with E-state index in [1.165, 1.54) is 44.7 Å². The van der Waals surface area contributed by atoms with Crippen LogP contribution in [0.15, 0.2) is 24.4 Å². The Labute approximate surface area is 149 Å². The molecule has 25 heavy (non-hydrogen) atoms. The molecule has 1 aliphatic rings. The van der Waals surface area contributed by atoms with Gasteiger partial charge in [-0.15, -0.1) is 0 Å². The van der Waals surface area contributed by atoms with E-state index in [0.29, 0.717) is 17.2 Å². The number of anilines is 3. The number of nitrogens with one attached hydrogen (secondary N) is 1. The van der Waals surface area contributed by atoms with Crippen LogP contribution in [0.4, 0.5) is 17.2 Å². The maximum Gasteiger partial charge on any atom is 0.269 e. The van der Waals surface area contributed by atoms with E-state index >= 15 is 0 Å². The van der Waals surface area contributed by atoms with E-state index in [9.17, 15) is 4.79 Å². The molecule has 2 heterocycles. The highest BCUT2D eigenvalue weighted by atomic mass is 16.1. The summed E-state index contributed by atoms with van der Waals surface area (Å²) in [6.07, 6.45) is 10.4. The van der Waals surface area contributed by atoms with E-state index in [4.69, 9.17) is 11.5 Å². The van der Waals surface area contributed by atoms with E-state index in [2.05, 4.69) is 15.3 Å². The number of amides is 1. The van der Waals surface area contributed by atoms with E-state index in [-0.39, 0.29) is 5.69 Å². The minimum absolute atomic E-state index is 0.134. The number of carbonyl (C=O) groups is 1. The fraction of sp³-hybridized carbons (Fsp3) is 0.421. The average molecular weight is 341 g/mol. The van der Waals surface area contributed by atoms with E-state index in [1.54, 1.807) is 6.07 Å². The van der Waals surface area contributed by atoms with Crippen LogP contribution in [-0.4, -0.2) is 15.9 Å². The van der Waals surface area contributed by atoms with Crippen molar-refractivity contribution in [3.05, 3.63) is 41.3 Å². The number of nitrogen functional groups attached to an aromatic ring is 1. The summed E-state index contributed by atoms with van der Waals surface area (Å²) in [7, 11) is 0. The number of hydrogen-bond donors (Lipinski definition) is 3. The zero-order valence-electron chi connectivity index (χ0n) is 15.0. The predicted octanol–water partition coefficient (Wildman–Crippen LogP) is 3.86. The molecule has 1 amide bonds. The Morgan fingerprint density at radius 1 is 1.04 bits per heavy atom. The molecule has 0 aliphatic heterocycles. The standard InChI is InChI=1S/C13H15N5O.C6H12/c1-7-3-8(2)17-11(4-7)18-10-5-9(14)6-16-12(10)13(15)19;1-2-4-6-5-3-1/h3-6H,14H2,1-2H3,(H2,15,19)(H,17,18);1-6H2. The first-order chi connectivity index (χ1) is 12.0. The highest BCUT2D eigenvalue weighted by Gasteiger charge is 2.11. The predicted molar refractivity (Wildman–Crippen MR) is 102 cm³/mol. The number of carbonyl (C=O) groups excluding carboxylic acids is 1. The van der Waals surface area contributed by atoms with Gasteiger partial charge in [0.25, 0.3) is 5.91 Å². The van der Waals surface area contributed by atoms with Gasteiger partial charge in [-0.3, -0.25) is 4.79 Å². The summed E-state index contributed by atoms with van der Waals surface area (Å²) < 4.78 is 0. The first kappa shape index (κ1) is 18.7. The zero-order valence-corrected chi connectivity index (χ0v) is 15.0. The summed E-state index contributed by atoms with van der Waals surface area (Å²) in [5.74, 6) is -0.000671. The molecule has 6 heteroatoms. The normalized spacial score (nSPS) is 13.5. The quantitative estimate of drug-likeness (QED) is 0.786. The molecule has 1 aliphatic carbocycles. The van der Waals surface area contributed by atoms with Crippen LogP contribution in [0.5, 0.6) is 0 Å². The zero-order chi connectivity index (χ0) is 18.2. The Kier molecular flexibility index (Phi) is 6.74. The molecule has 6 nitrogen and oxygen atoms in total. The first-order valence-corrected chi connectivity index (χ1v) is 8.73. The van der Waals surface area contributed by atoms with Crippen molar-refractivity contribution in [1.82, 2.24) is 9.97 Å². The lowest BCUT2D eigenvalue weighted by molar-refractivity contribution is 0.0996. The number of rotatable bonds is 3. The lowest BCUT2D eigenvalue weighted by Crippen LogP contribution is -2.16. The molecular weight excluding hydrogens is 314 g/mol. The third-order valence-electron chi connectivity index (χ3n) is 4.00. The Hall–Kier alpha value is -2.63. The van der Waals surface area contributed by atoms with E-state index in [1.807, 2.05) is 26.0 Å². The third kappa shape index (κ3) is 6.06. The Morgan fingerprint density at radius 2 is 1.64 bits per heavy atom. The monoisotopic (exact) mass is 341 g/mol. The van der Waals surface area contributed by atoms with Crippen molar-refractivity contribution in [2.24, 2.45) is 5.73 Å². The summed E-state index contributed by atoms with van der Waals surface area (Å²) >= 11 is 0. The van der Waals surface area contributed by atoms with Gasteiger partial charge < -0.3 is 16.8 Å². The van der Waals surface area contributed by atoms with Gasteiger partial charge in [0.1, 0.15) is 5.82 Å². The molecule has 2 aromatic heterocycles. The molecular formula is C19H27N5O. The molecule has 1 fully saturated rings. The fourth-order valence-corrected chi connectivity index (χ4v) is 2.88. The van der Waals surface area contributed by atoms with Gasteiger partial charge in [0.15, 0.2) is 5.69 Å². The summed E-state index contributed by atoms with van der Waals surface area (Å²) in [6, 6.07) is 5.42. The van der Waals surface area contributed by atoms with E-state index < -0.39 is 5.91 Å². The van der Waals surface area contributed by atoms with Crippen molar-refractivity contribution in [2.45, 2.75) is 52.4 Å². The number of nitrogens with zero attached hydrogens (tertiary/aromatic N) is 2. The molecule has 3 rings (SSSR count). The second-order valence-electron chi connectivity index (χ2n) is 6.45. The molecule has 0 aromatic carbocycles. The summed E-state index contributed by atoms with van der Waals surface area (Å²) in [5, 5.41) is 3.02. The number of primary amides is 1. The van der Waals surface area contributed by atoms with Gasteiger partial charge in [0.2, 0.25) is 0 Å². The molecule has 0 spiro atoms. The lowest BCUT2D eigenvalue weighted by Gasteiger charge is -2.10. The van der Waals surface area contributed by atoms with Crippen LogP contribution in [0.25, 0.3) is 0 Å². The van der Waals surface area contributed by atoms with Crippen LogP contribution in [0.3, 0.4) is 0 Å². The summed E-state index contributed by atoms with van der Waals surface area (Å²) in [5.41, 5.74) is 13.9. The molecule has 0 atom stereocenters. The van der Waals surface area contributed by atoms with Gasteiger partial charge in [0.05, 0.1) is 17.6 Å². The molecule has 5 N–H and O–H groups in total. The second kappa shape index (κ2) is 9.01. The van der Waals surface area contributed by atoms with Crippen molar-refractivity contribution >= 4 is 23.1 Å². The van der Waals surface area contributed by atoms with Crippen LogP contribution in [-0.2, 0) is 0 Å². The fourth-order valence-electron chi connectivity index (χ4n) is 2.88. The van der Waals surface area contributed by atoms with Gasteiger partial charge in [-0.1, -0.05) is 38.5 Å². The van der Waals surface area contributed by atoms with Crippen LogP contribution in [0.1, 0.15) is 60.3 Å². The Balaban J connectivity index is 0.000000316. The average Bonchev–Trinajstić information content (AvgIpc) is 2.56. The minimum Gasteiger partial charge on any atom is -0.397 e. The van der Waals surface area contributed by atoms with Crippen LogP contribution in [0.2, 0.25) is 0 Å². The molecule has 0 unspecified atom stereocenters. The number of aromatic nitrogens is 2. The maximum absolute atomic E-state index is 11.3. The highest BCUT2D eigenvalue weighted by molar-refractivity contribution is 5.97. The summed E-state index contributed by atoms with van der Waals surface area (Å²) in [4.78, 5) is 19.6. The highest BCUT2D eigenvalue weighted by Crippen LogP contribution is 2.21. The SMILES string of the molecule is C1CCCCC1.Cc1cc(C)nc(Nc2cc(N)cnc2C(N)=O)c1. The van der Waals surface area contributed by atoms with Crippen molar-refractivity contribution in [2.75, 3.05) is 11.1 Å². The largest absolute Gasteiger partial charge is 0.397 e. The second-order valence-corrected chi connectivity index (χ2v) is 6.45. The van der Waals surface area contributed by atoms with Crippen LogP contribution < -0.4 is 16.8 Å². The number of aryl methyl sites for hydroxylation is 2. The smallest absolute Gasteiger partial charge is 0.269 e. The Morgan fingerprint density at radius 3 is 2.16 bits per heavy atom. The van der Waals surface area contributed by atoms with Crippen molar-refractivity contribution < 1.29 is 4.79 Å². The maximum atomic E-state index is 11.3. The van der Waals surface area contributed by atoms with E-state index in [0.717, 1.165) is 11.3 Å². The van der Waals surface area contributed by atoms with Gasteiger partial charge in [-0.25, -0.2) is 9.97 Å². The molecule has 0 saturated heterocycles. The minimum atomic E-state index is -0.619. The Bertz CT molecular complexity index is 694.